The van der Waals surface area contributed by atoms with E-state index in [1.165, 1.54) is 48.1 Å². The molecular weight excluding hydrogens is 701 g/mol. The van der Waals surface area contributed by atoms with Crippen molar-refractivity contribution >= 4 is 85.9 Å². The lowest BCUT2D eigenvalue weighted by Gasteiger charge is -2.13. The summed E-state index contributed by atoms with van der Waals surface area (Å²) in [6, 6.07) is 65.0. The quantitative estimate of drug-likeness (QED) is 0.169. The predicted molar refractivity (Wildman–Crippen MR) is 236 cm³/mol. The molecule has 0 spiro atoms. The van der Waals surface area contributed by atoms with E-state index in [9.17, 15) is 0 Å². The number of hydrogen-bond donors (Lipinski definition) is 0. The van der Waals surface area contributed by atoms with Crippen LogP contribution in [-0.4, -0.2) is 9.97 Å². The third-order valence-electron chi connectivity index (χ3n) is 11.3. The van der Waals surface area contributed by atoms with Crippen molar-refractivity contribution in [2.75, 3.05) is 0 Å². The average Bonchev–Trinajstić information content (AvgIpc) is 3.84. The van der Waals surface area contributed by atoms with E-state index >= 15 is 0 Å². The Morgan fingerprint density at radius 3 is 1.91 bits per heavy atom. The van der Waals surface area contributed by atoms with E-state index in [1.807, 2.05) is 0 Å². The van der Waals surface area contributed by atoms with Crippen molar-refractivity contribution in [1.29, 1.82) is 0 Å². The number of hydrogen-bond acceptors (Lipinski definition) is 4. The highest BCUT2D eigenvalue weighted by Crippen LogP contribution is 2.45. The first kappa shape index (κ1) is 31.2. The van der Waals surface area contributed by atoms with Crippen LogP contribution in [0.15, 0.2) is 186 Å². The molecule has 260 valence electrons. The highest BCUT2D eigenvalue weighted by molar-refractivity contribution is 7.26. The first-order chi connectivity index (χ1) is 27.7. The van der Waals surface area contributed by atoms with Crippen LogP contribution in [-0.2, 0) is 0 Å². The Labute approximate surface area is 325 Å². The normalized spacial score (nSPS) is 11.9. The van der Waals surface area contributed by atoms with Gasteiger partial charge in [-0.15, -0.1) is 11.3 Å². The Bertz CT molecular complexity index is 3540. The lowest BCUT2D eigenvalue weighted by Crippen LogP contribution is -1.95. The highest BCUT2D eigenvalue weighted by atomic mass is 32.1. The van der Waals surface area contributed by atoms with Crippen LogP contribution in [0, 0.1) is 0 Å². The Kier molecular flexibility index (Phi) is 6.80. The van der Waals surface area contributed by atoms with Gasteiger partial charge in [0.15, 0.2) is 5.82 Å². The largest absolute Gasteiger partial charge is 0.456 e. The van der Waals surface area contributed by atoms with Crippen LogP contribution >= 0.6 is 11.3 Å². The second-order valence-corrected chi connectivity index (χ2v) is 15.5. The van der Waals surface area contributed by atoms with Gasteiger partial charge in [0.25, 0.3) is 0 Å². The molecule has 0 aliphatic heterocycles. The van der Waals surface area contributed by atoms with Gasteiger partial charge in [-0.25, -0.2) is 9.97 Å². The van der Waals surface area contributed by atoms with E-state index in [0.29, 0.717) is 5.82 Å². The molecule has 3 nitrogen and oxygen atoms in total. The molecule has 0 saturated carbocycles. The fourth-order valence-electron chi connectivity index (χ4n) is 8.57. The molecule has 0 atom stereocenters. The minimum Gasteiger partial charge on any atom is -0.456 e. The van der Waals surface area contributed by atoms with Gasteiger partial charge in [0.1, 0.15) is 11.2 Å². The second kappa shape index (κ2) is 12.2. The first-order valence-electron chi connectivity index (χ1n) is 18.9. The van der Waals surface area contributed by atoms with Crippen LogP contribution in [0.5, 0.6) is 0 Å². The van der Waals surface area contributed by atoms with Crippen molar-refractivity contribution in [1.82, 2.24) is 9.97 Å². The lowest BCUT2D eigenvalue weighted by molar-refractivity contribution is 0.669. The number of aromatic nitrogens is 2. The van der Waals surface area contributed by atoms with Crippen molar-refractivity contribution in [2.24, 2.45) is 0 Å². The molecule has 0 unspecified atom stereocenters. The molecule has 12 aromatic rings. The van der Waals surface area contributed by atoms with Crippen LogP contribution in [0.1, 0.15) is 0 Å². The SMILES string of the molecule is c1ccc(-c2ccc3cc(-c4ccc5oc6cccc(-c7nc(-c8cc9ccccc9c9ccccc89)c8sc9ccccc9c8n7)c6c5c4)ccc3c2)cc1. The Hall–Kier alpha value is -7.14. The molecule has 9 aromatic carbocycles. The fourth-order valence-corrected chi connectivity index (χ4v) is 9.72. The summed E-state index contributed by atoms with van der Waals surface area (Å²) < 4.78 is 8.83. The molecule has 3 aromatic heterocycles. The van der Waals surface area contributed by atoms with Crippen LogP contribution < -0.4 is 0 Å². The predicted octanol–water partition coefficient (Wildman–Crippen LogP) is 14.9. The van der Waals surface area contributed by atoms with Crippen LogP contribution in [0.4, 0.5) is 0 Å². The number of nitrogens with zero attached hydrogens (tertiary/aromatic N) is 2. The van der Waals surface area contributed by atoms with Crippen LogP contribution in [0.3, 0.4) is 0 Å². The molecule has 12 rings (SSSR count). The minimum absolute atomic E-state index is 0.687. The summed E-state index contributed by atoms with van der Waals surface area (Å²) in [5.74, 6) is 0.687. The van der Waals surface area contributed by atoms with Gasteiger partial charge in [-0.1, -0.05) is 140 Å². The third-order valence-corrected chi connectivity index (χ3v) is 12.4. The van der Waals surface area contributed by atoms with Gasteiger partial charge in [-0.05, 0) is 97.0 Å². The molecule has 0 saturated heterocycles. The topological polar surface area (TPSA) is 38.9 Å². The Balaban J connectivity index is 1.07. The van der Waals surface area contributed by atoms with Crippen molar-refractivity contribution in [3.63, 3.8) is 0 Å². The van der Waals surface area contributed by atoms with Crippen LogP contribution in [0.2, 0.25) is 0 Å². The van der Waals surface area contributed by atoms with E-state index in [1.54, 1.807) is 11.3 Å². The number of benzene rings is 9. The molecule has 0 radical (unpaired) electrons. The third kappa shape index (κ3) is 4.83. The zero-order valence-corrected chi connectivity index (χ0v) is 30.8. The molecule has 0 fully saturated rings. The van der Waals surface area contributed by atoms with Crippen molar-refractivity contribution in [3.05, 3.63) is 182 Å². The minimum atomic E-state index is 0.687. The lowest BCUT2D eigenvalue weighted by atomic mass is 9.95. The number of fused-ring (bicyclic) bond motifs is 10. The van der Waals surface area contributed by atoms with Gasteiger partial charge < -0.3 is 4.42 Å². The van der Waals surface area contributed by atoms with Crippen molar-refractivity contribution in [3.8, 4) is 44.9 Å². The van der Waals surface area contributed by atoms with Gasteiger partial charge in [-0.2, -0.15) is 0 Å². The van der Waals surface area contributed by atoms with E-state index in [0.717, 1.165) is 65.5 Å². The molecule has 0 aliphatic rings. The number of rotatable bonds is 4. The average molecular weight is 731 g/mol. The first-order valence-corrected chi connectivity index (χ1v) is 19.7. The molecular formula is C52H30N2OS. The van der Waals surface area contributed by atoms with E-state index in [4.69, 9.17) is 14.4 Å². The number of thiophene rings is 1. The Morgan fingerprint density at radius 1 is 0.393 bits per heavy atom. The van der Waals surface area contributed by atoms with Gasteiger partial charge in [0.2, 0.25) is 0 Å². The zero-order chi connectivity index (χ0) is 36.7. The maximum absolute atomic E-state index is 6.54. The van der Waals surface area contributed by atoms with Gasteiger partial charge >= 0.3 is 0 Å². The van der Waals surface area contributed by atoms with Crippen molar-refractivity contribution < 1.29 is 4.42 Å². The summed E-state index contributed by atoms with van der Waals surface area (Å²) in [5.41, 5.74) is 10.4. The fraction of sp³-hybridized carbons (Fsp3) is 0. The molecule has 0 amide bonds. The highest BCUT2D eigenvalue weighted by Gasteiger charge is 2.22. The summed E-state index contributed by atoms with van der Waals surface area (Å²) >= 11 is 1.77. The van der Waals surface area contributed by atoms with Gasteiger partial charge in [0, 0.05) is 32.0 Å². The molecule has 56 heavy (non-hydrogen) atoms. The van der Waals surface area contributed by atoms with Crippen molar-refractivity contribution in [2.45, 2.75) is 0 Å². The van der Waals surface area contributed by atoms with E-state index in [-0.39, 0.29) is 0 Å². The van der Waals surface area contributed by atoms with Crippen LogP contribution in [0.25, 0.3) is 119 Å². The maximum Gasteiger partial charge on any atom is 0.161 e. The molecule has 0 aliphatic carbocycles. The standard InChI is InChI=1S/C52H30N2OS/c1-2-11-31(12-3-1)32-21-22-34-28-35(24-23-33(34)27-32)36-25-26-45-44(29-36)48-42(18-10-19-46(48)55-45)52-53-49-41-17-8-9-20-47(41)56-51(49)50(54-52)43-30-37-13-4-5-14-38(37)39-15-6-7-16-40(39)43/h1-30H. The molecule has 4 heteroatoms. The summed E-state index contributed by atoms with van der Waals surface area (Å²) in [6.45, 7) is 0. The van der Waals surface area contributed by atoms with E-state index < -0.39 is 0 Å². The summed E-state index contributed by atoms with van der Waals surface area (Å²) in [7, 11) is 0. The number of furan rings is 1. The van der Waals surface area contributed by atoms with E-state index in [2.05, 4.69) is 182 Å². The van der Waals surface area contributed by atoms with Gasteiger partial charge in [0.05, 0.1) is 15.9 Å². The molecule has 3 heterocycles. The summed E-state index contributed by atoms with van der Waals surface area (Å²) in [4.78, 5) is 10.9. The summed E-state index contributed by atoms with van der Waals surface area (Å²) in [5, 5.41) is 10.5. The zero-order valence-electron chi connectivity index (χ0n) is 30.0. The monoisotopic (exact) mass is 730 g/mol. The molecule has 0 bridgehead atoms. The summed E-state index contributed by atoms with van der Waals surface area (Å²) in [6.07, 6.45) is 0. The smallest absolute Gasteiger partial charge is 0.161 e. The Morgan fingerprint density at radius 2 is 1.07 bits per heavy atom. The maximum atomic E-state index is 6.54. The van der Waals surface area contributed by atoms with Gasteiger partial charge in [-0.3, -0.25) is 0 Å². The second-order valence-electron chi connectivity index (χ2n) is 14.5. The molecule has 0 N–H and O–H groups in total.